The maximum absolute atomic E-state index is 13.9. The van der Waals surface area contributed by atoms with Gasteiger partial charge in [0.25, 0.3) is 0 Å². The molecule has 1 aromatic carbocycles. The highest BCUT2D eigenvalue weighted by Gasteiger charge is 2.14. The van der Waals surface area contributed by atoms with E-state index in [0.717, 1.165) is 16.3 Å². The fourth-order valence-electron chi connectivity index (χ4n) is 2.01. The average Bonchev–Trinajstić information content (AvgIpc) is 3.10. The summed E-state index contributed by atoms with van der Waals surface area (Å²) >= 11 is 1.51. The van der Waals surface area contributed by atoms with E-state index in [-0.39, 0.29) is 11.6 Å². The highest BCUT2D eigenvalue weighted by atomic mass is 32.1. The Hall–Kier alpha value is -2.12. The first-order chi connectivity index (χ1) is 10.7. The van der Waals surface area contributed by atoms with Crippen molar-refractivity contribution in [3.05, 3.63) is 51.6 Å². The molecule has 7 heteroatoms. The predicted molar refractivity (Wildman–Crippen MR) is 80.1 cm³/mol. The molecule has 22 heavy (non-hydrogen) atoms. The lowest BCUT2D eigenvalue weighted by Gasteiger charge is -1.98. The molecule has 0 radical (unpaired) electrons. The number of ether oxygens (including phenoxy) is 1. The molecule has 0 saturated heterocycles. The van der Waals surface area contributed by atoms with Gasteiger partial charge in [0.1, 0.15) is 10.8 Å². The molecule has 0 aliphatic heterocycles. The van der Waals surface area contributed by atoms with Gasteiger partial charge in [0.15, 0.2) is 0 Å². The van der Waals surface area contributed by atoms with Crippen molar-refractivity contribution in [2.75, 3.05) is 7.11 Å². The minimum absolute atomic E-state index is 0.250. The third kappa shape index (κ3) is 3.20. The second-order valence-corrected chi connectivity index (χ2v) is 5.78. The van der Waals surface area contributed by atoms with Crippen LogP contribution in [0, 0.1) is 12.7 Å². The molecule has 0 atom stereocenters. The molecule has 0 aliphatic carbocycles. The quantitative estimate of drug-likeness (QED) is 0.721. The molecular weight excluding hydrogens is 305 g/mol. The minimum Gasteiger partial charge on any atom is -0.378 e. The van der Waals surface area contributed by atoms with Crippen LogP contribution in [-0.4, -0.2) is 22.2 Å². The monoisotopic (exact) mass is 319 g/mol. The fraction of sp³-hybridized carbons (Fsp3) is 0.267. The molecule has 114 valence electrons. The summed E-state index contributed by atoms with van der Waals surface area (Å²) in [5, 5.41) is 6.65. The van der Waals surface area contributed by atoms with Crippen molar-refractivity contribution in [1.29, 1.82) is 0 Å². The number of thiazole rings is 1. The Balaban J connectivity index is 1.78. The van der Waals surface area contributed by atoms with Crippen LogP contribution in [0.4, 0.5) is 4.39 Å². The van der Waals surface area contributed by atoms with Crippen LogP contribution >= 0.6 is 11.3 Å². The molecule has 3 rings (SSSR count). The van der Waals surface area contributed by atoms with Crippen molar-refractivity contribution in [2.45, 2.75) is 20.0 Å². The van der Waals surface area contributed by atoms with E-state index in [2.05, 4.69) is 15.1 Å². The Morgan fingerprint density at radius 3 is 2.95 bits per heavy atom. The first kappa shape index (κ1) is 14.8. The molecule has 5 nitrogen and oxygen atoms in total. The summed E-state index contributed by atoms with van der Waals surface area (Å²) in [6.45, 7) is 2.31. The Bertz CT molecular complexity index is 785. The van der Waals surface area contributed by atoms with Gasteiger partial charge >= 0.3 is 0 Å². The fourth-order valence-corrected chi connectivity index (χ4v) is 2.78. The van der Waals surface area contributed by atoms with Crippen LogP contribution in [0.2, 0.25) is 0 Å². The normalized spacial score (nSPS) is 11.0. The van der Waals surface area contributed by atoms with Gasteiger partial charge in [-0.3, -0.25) is 0 Å². The molecule has 0 N–H and O–H groups in total. The maximum atomic E-state index is 13.9. The lowest BCUT2D eigenvalue weighted by Crippen LogP contribution is -1.92. The van der Waals surface area contributed by atoms with Gasteiger partial charge in [0.05, 0.1) is 24.3 Å². The van der Waals surface area contributed by atoms with Crippen LogP contribution in [0.1, 0.15) is 22.2 Å². The van der Waals surface area contributed by atoms with Gasteiger partial charge in [-0.1, -0.05) is 11.2 Å². The van der Waals surface area contributed by atoms with Crippen LogP contribution in [0.25, 0.3) is 11.4 Å². The van der Waals surface area contributed by atoms with Crippen LogP contribution < -0.4 is 0 Å². The predicted octanol–water partition coefficient (Wildman–Crippen LogP) is 3.38. The van der Waals surface area contributed by atoms with Gasteiger partial charge in [-0.2, -0.15) is 4.98 Å². The van der Waals surface area contributed by atoms with Crippen molar-refractivity contribution >= 4 is 11.3 Å². The standard InChI is InChI=1S/C15H14FN3O2S/c1-9-3-4-11(12(16)5-9)15-18-13(21-19-15)6-10-8-22-14(17-10)7-20-2/h3-5,8H,6-7H2,1-2H3. The van der Waals surface area contributed by atoms with E-state index in [1.54, 1.807) is 13.2 Å². The first-order valence-corrected chi connectivity index (χ1v) is 7.55. The largest absolute Gasteiger partial charge is 0.378 e. The van der Waals surface area contributed by atoms with Crippen LogP contribution in [0.15, 0.2) is 28.1 Å². The number of rotatable bonds is 5. The Morgan fingerprint density at radius 2 is 2.18 bits per heavy atom. The zero-order valence-corrected chi connectivity index (χ0v) is 13.0. The molecule has 0 saturated carbocycles. The molecule has 0 spiro atoms. The molecule has 0 unspecified atom stereocenters. The van der Waals surface area contributed by atoms with Gasteiger partial charge in [0.2, 0.25) is 11.7 Å². The molecule has 0 bridgehead atoms. The number of hydrogen-bond donors (Lipinski definition) is 0. The van der Waals surface area contributed by atoms with E-state index in [1.165, 1.54) is 17.4 Å². The summed E-state index contributed by atoms with van der Waals surface area (Å²) in [6.07, 6.45) is 0.417. The summed E-state index contributed by atoms with van der Waals surface area (Å²) < 4.78 is 24.1. The SMILES string of the molecule is COCc1nc(Cc2nc(-c3ccc(C)cc3F)no2)cs1. The maximum Gasteiger partial charge on any atom is 0.233 e. The smallest absolute Gasteiger partial charge is 0.233 e. The van der Waals surface area contributed by atoms with Gasteiger partial charge in [-0.15, -0.1) is 11.3 Å². The average molecular weight is 319 g/mol. The Labute approximate surface area is 130 Å². The van der Waals surface area contributed by atoms with Crippen LogP contribution in [-0.2, 0) is 17.8 Å². The zero-order chi connectivity index (χ0) is 15.5. The van der Waals surface area contributed by atoms with E-state index < -0.39 is 0 Å². The summed E-state index contributed by atoms with van der Waals surface area (Å²) in [5.41, 5.74) is 2.01. The van der Waals surface area contributed by atoms with Crippen LogP contribution in [0.3, 0.4) is 0 Å². The highest BCUT2D eigenvalue weighted by molar-refractivity contribution is 7.09. The summed E-state index contributed by atoms with van der Waals surface area (Å²) in [4.78, 5) is 8.64. The van der Waals surface area contributed by atoms with Crippen molar-refractivity contribution in [1.82, 2.24) is 15.1 Å². The molecule has 2 heterocycles. The number of aromatic nitrogens is 3. The second-order valence-electron chi connectivity index (χ2n) is 4.84. The van der Waals surface area contributed by atoms with Gasteiger partial charge < -0.3 is 9.26 Å². The van der Waals surface area contributed by atoms with E-state index in [9.17, 15) is 4.39 Å². The zero-order valence-electron chi connectivity index (χ0n) is 12.2. The van der Waals surface area contributed by atoms with Crippen molar-refractivity contribution in [3.8, 4) is 11.4 Å². The third-order valence-corrected chi connectivity index (χ3v) is 3.90. The molecule has 0 fully saturated rings. The van der Waals surface area contributed by atoms with Crippen LogP contribution in [0.5, 0.6) is 0 Å². The number of methoxy groups -OCH3 is 1. The van der Waals surface area contributed by atoms with E-state index >= 15 is 0 Å². The van der Waals surface area contributed by atoms with Crippen molar-refractivity contribution < 1.29 is 13.7 Å². The summed E-state index contributed by atoms with van der Waals surface area (Å²) in [7, 11) is 1.63. The summed E-state index contributed by atoms with van der Waals surface area (Å²) in [5.74, 6) is 0.299. The first-order valence-electron chi connectivity index (χ1n) is 6.67. The van der Waals surface area contributed by atoms with Gasteiger partial charge in [-0.25, -0.2) is 9.37 Å². The third-order valence-electron chi connectivity index (χ3n) is 3.03. The molecule has 2 aromatic heterocycles. The summed E-state index contributed by atoms with van der Waals surface area (Å²) in [6, 6.07) is 4.91. The molecule has 3 aromatic rings. The topological polar surface area (TPSA) is 61.0 Å². The molecular formula is C15H14FN3O2S. The second kappa shape index (κ2) is 6.33. The number of hydrogen-bond acceptors (Lipinski definition) is 6. The van der Waals surface area contributed by atoms with Crippen molar-refractivity contribution in [3.63, 3.8) is 0 Å². The Kier molecular flexibility index (Phi) is 4.26. The van der Waals surface area contributed by atoms with Crippen molar-refractivity contribution in [2.24, 2.45) is 0 Å². The molecule has 0 amide bonds. The Morgan fingerprint density at radius 1 is 1.32 bits per heavy atom. The number of benzene rings is 1. The number of aryl methyl sites for hydroxylation is 1. The van der Waals surface area contributed by atoms with E-state index in [4.69, 9.17) is 9.26 Å². The van der Waals surface area contributed by atoms with Gasteiger partial charge in [-0.05, 0) is 24.6 Å². The highest BCUT2D eigenvalue weighted by Crippen LogP contribution is 2.22. The minimum atomic E-state index is -0.358. The lowest BCUT2D eigenvalue weighted by molar-refractivity contribution is 0.184. The number of nitrogens with zero attached hydrogens (tertiary/aromatic N) is 3. The number of halogens is 1. The van der Waals surface area contributed by atoms with Gasteiger partial charge in [0, 0.05) is 12.5 Å². The lowest BCUT2D eigenvalue weighted by atomic mass is 10.1. The van der Waals surface area contributed by atoms with E-state index in [1.807, 2.05) is 18.4 Å². The molecule has 0 aliphatic rings. The van der Waals surface area contributed by atoms with E-state index in [0.29, 0.717) is 24.5 Å².